The number of amides is 3. The molecular formula is C46H60FN9O7. The van der Waals surface area contributed by atoms with Crippen molar-refractivity contribution in [2.75, 3.05) is 54.1 Å². The highest BCUT2D eigenvalue weighted by Crippen LogP contribution is 2.32. The third-order valence-electron chi connectivity index (χ3n) is 10.8. The van der Waals surface area contributed by atoms with E-state index in [1.54, 1.807) is 18.5 Å². The first-order valence-electron chi connectivity index (χ1n) is 21.4. The van der Waals surface area contributed by atoms with Gasteiger partial charge < -0.3 is 44.9 Å². The summed E-state index contributed by atoms with van der Waals surface area (Å²) in [5.41, 5.74) is 4.44. The molecule has 0 spiro atoms. The first kappa shape index (κ1) is 47.8. The number of alkyl carbamates (subject to hydrolysis) is 2. The number of pyridine rings is 1. The summed E-state index contributed by atoms with van der Waals surface area (Å²) < 4.78 is 29.2. The number of aromatic nitrogens is 5. The zero-order valence-electron chi connectivity index (χ0n) is 36.8. The van der Waals surface area contributed by atoms with E-state index < -0.39 is 18.2 Å². The molecule has 338 valence electrons. The SMILES string of the molecule is C1CCOCC1.COC(=O)NC(C=O)C(C)C.COC(=O)NCC(=O)NCCCCc1ncc(-c2ccc3cc(-c4ccc(-c5cnc(C6CCCN6C)[nH]5)cc4F)ncc3c2)[nH]1. The average molecular weight is 870 g/mol. The molecule has 16 nitrogen and oxygen atoms in total. The molecule has 3 amide bonds. The third kappa shape index (κ3) is 14.4. The Balaban J connectivity index is 0.000000368. The normalized spacial score (nSPS) is 15.3. The molecule has 5 aromatic rings. The molecule has 17 heteroatoms. The number of unbranched alkanes of at least 4 members (excludes halogenated alkanes) is 1. The predicted molar refractivity (Wildman–Crippen MR) is 238 cm³/mol. The van der Waals surface area contributed by atoms with E-state index in [1.165, 1.54) is 39.5 Å². The van der Waals surface area contributed by atoms with Crippen LogP contribution < -0.4 is 16.0 Å². The van der Waals surface area contributed by atoms with Crippen LogP contribution in [-0.4, -0.2) is 114 Å². The van der Waals surface area contributed by atoms with Crippen LogP contribution >= 0.6 is 0 Å². The molecule has 7 rings (SSSR count). The Bertz CT molecular complexity index is 2250. The van der Waals surface area contributed by atoms with Gasteiger partial charge in [-0.3, -0.25) is 14.7 Å². The summed E-state index contributed by atoms with van der Waals surface area (Å²) in [5.74, 6) is 1.27. The van der Waals surface area contributed by atoms with Crippen molar-refractivity contribution in [3.05, 3.63) is 78.5 Å². The largest absolute Gasteiger partial charge is 0.453 e. The number of hydrogen-bond acceptors (Lipinski definition) is 11. The number of H-pyrrole nitrogens is 2. The lowest BCUT2D eigenvalue weighted by molar-refractivity contribution is -0.120. The van der Waals surface area contributed by atoms with Crippen molar-refractivity contribution in [2.45, 2.75) is 77.3 Å². The summed E-state index contributed by atoms with van der Waals surface area (Å²) in [5, 5.41) is 9.39. The Morgan fingerprint density at radius 3 is 2.25 bits per heavy atom. The molecule has 2 saturated heterocycles. The van der Waals surface area contributed by atoms with Crippen molar-refractivity contribution in [1.82, 2.24) is 45.8 Å². The van der Waals surface area contributed by atoms with Gasteiger partial charge in [0.2, 0.25) is 5.91 Å². The van der Waals surface area contributed by atoms with E-state index in [4.69, 9.17) is 4.74 Å². The summed E-state index contributed by atoms with van der Waals surface area (Å²) in [4.78, 5) is 66.4. The van der Waals surface area contributed by atoms with Crippen LogP contribution in [0, 0.1) is 11.7 Å². The van der Waals surface area contributed by atoms with Crippen molar-refractivity contribution >= 4 is 35.2 Å². The summed E-state index contributed by atoms with van der Waals surface area (Å²) in [6.45, 7) is 7.13. The molecule has 63 heavy (non-hydrogen) atoms. The minimum atomic E-state index is -0.639. The van der Waals surface area contributed by atoms with E-state index >= 15 is 4.39 Å². The van der Waals surface area contributed by atoms with E-state index in [0.29, 0.717) is 24.1 Å². The van der Waals surface area contributed by atoms with E-state index in [9.17, 15) is 19.2 Å². The topological polar surface area (TPSA) is 206 Å². The number of halogens is 1. The van der Waals surface area contributed by atoms with Crippen LogP contribution in [0.1, 0.15) is 76.5 Å². The molecule has 2 atom stereocenters. The van der Waals surface area contributed by atoms with Gasteiger partial charge in [-0.2, -0.15) is 0 Å². The lowest BCUT2D eigenvalue weighted by Crippen LogP contribution is -2.39. The Morgan fingerprint density at radius 2 is 1.60 bits per heavy atom. The van der Waals surface area contributed by atoms with Crippen LogP contribution in [0.5, 0.6) is 0 Å². The van der Waals surface area contributed by atoms with Crippen molar-refractivity contribution in [1.29, 1.82) is 0 Å². The first-order chi connectivity index (χ1) is 30.5. The van der Waals surface area contributed by atoms with Crippen LogP contribution in [0.3, 0.4) is 0 Å². The number of ether oxygens (including phenoxy) is 3. The van der Waals surface area contributed by atoms with Gasteiger partial charge in [0.1, 0.15) is 23.8 Å². The number of carbonyl (C=O) groups excluding carboxylic acids is 4. The second-order valence-electron chi connectivity index (χ2n) is 15.8. The van der Waals surface area contributed by atoms with Gasteiger partial charge in [0.15, 0.2) is 0 Å². The Kier molecular flexibility index (Phi) is 18.6. The lowest BCUT2D eigenvalue weighted by Gasteiger charge is -2.16. The molecule has 0 radical (unpaired) electrons. The molecule has 2 aromatic carbocycles. The monoisotopic (exact) mass is 869 g/mol. The molecule has 5 heterocycles. The number of nitrogens with one attached hydrogen (secondary N) is 5. The molecule has 2 aliphatic rings. The highest BCUT2D eigenvalue weighted by molar-refractivity contribution is 5.89. The number of aromatic amines is 2. The average Bonchev–Trinajstić information content (AvgIpc) is 4.09. The van der Waals surface area contributed by atoms with Gasteiger partial charge in [-0.15, -0.1) is 0 Å². The minimum absolute atomic E-state index is 0.0894. The van der Waals surface area contributed by atoms with Gasteiger partial charge >= 0.3 is 12.2 Å². The molecule has 0 saturated carbocycles. The second kappa shape index (κ2) is 24.4. The van der Waals surface area contributed by atoms with Gasteiger partial charge in [0, 0.05) is 54.5 Å². The first-order valence-corrected chi connectivity index (χ1v) is 21.4. The number of benzene rings is 2. The van der Waals surface area contributed by atoms with Crippen molar-refractivity contribution in [3.8, 4) is 33.8 Å². The van der Waals surface area contributed by atoms with Crippen LogP contribution in [0.25, 0.3) is 44.5 Å². The van der Waals surface area contributed by atoms with Crippen molar-refractivity contribution < 1.29 is 37.8 Å². The number of methoxy groups -OCH3 is 2. The molecular weight excluding hydrogens is 810 g/mol. The fourth-order valence-corrected chi connectivity index (χ4v) is 7.06. The standard InChI is InChI=1S/C34H37FN8O3.C7H13NO3.C5H10O/c1-43-13-5-6-30(43)33-39-19-29(42-33)23-10-11-25(26(35)15-23)27-16-21-8-9-22(14-24(21)17-37-27)28-18-38-31(41-28)7-3-4-12-36-32(44)20-40-34(45)46-2;1-5(2)6(4-9)8-7(10)11-3;1-2-4-6-5-3-1/h8-11,14-19,30H,3-7,12-13,20H2,1-2H3,(H,36,44)(H,38,41)(H,39,42)(H,40,45);4-6H,1-3H3,(H,8,10);1-5H2. The minimum Gasteiger partial charge on any atom is -0.453 e. The molecule has 3 aromatic heterocycles. The van der Waals surface area contributed by atoms with E-state index in [1.807, 2.05) is 50.4 Å². The van der Waals surface area contributed by atoms with Gasteiger partial charge in [-0.05, 0) is 94.1 Å². The fourth-order valence-electron chi connectivity index (χ4n) is 7.06. The van der Waals surface area contributed by atoms with Crippen LogP contribution in [0.15, 0.2) is 61.1 Å². The molecule has 2 unspecified atom stereocenters. The number of rotatable bonds is 14. The summed E-state index contributed by atoms with van der Waals surface area (Å²) in [6.07, 6.45) is 13.3. The maximum atomic E-state index is 15.4. The molecule has 2 aliphatic heterocycles. The maximum Gasteiger partial charge on any atom is 0.407 e. The highest BCUT2D eigenvalue weighted by atomic mass is 19.1. The van der Waals surface area contributed by atoms with Crippen molar-refractivity contribution in [3.63, 3.8) is 0 Å². The zero-order valence-corrected chi connectivity index (χ0v) is 36.8. The summed E-state index contributed by atoms with van der Waals surface area (Å²) in [7, 11) is 4.61. The number of fused-ring (bicyclic) bond motifs is 1. The third-order valence-corrected chi connectivity index (χ3v) is 10.8. The quantitative estimate of drug-likeness (QED) is 0.0561. The van der Waals surface area contributed by atoms with Crippen molar-refractivity contribution in [2.24, 2.45) is 5.92 Å². The van der Waals surface area contributed by atoms with Gasteiger partial charge in [-0.1, -0.05) is 32.0 Å². The summed E-state index contributed by atoms with van der Waals surface area (Å²) in [6, 6.07) is 13.0. The van der Waals surface area contributed by atoms with E-state index in [0.717, 1.165) is 96.8 Å². The molecule has 2 fully saturated rings. The Hall–Kier alpha value is -6.20. The number of aldehydes is 1. The van der Waals surface area contributed by atoms with Crippen LogP contribution in [-0.2, 0) is 30.2 Å². The number of nitrogens with zero attached hydrogens (tertiary/aromatic N) is 4. The Labute approximate surface area is 367 Å². The van der Waals surface area contributed by atoms with Crippen LogP contribution in [0.4, 0.5) is 14.0 Å². The number of hydrogen-bond donors (Lipinski definition) is 5. The van der Waals surface area contributed by atoms with Gasteiger partial charge in [-0.25, -0.2) is 23.9 Å². The zero-order chi connectivity index (χ0) is 45.1. The number of likely N-dealkylation sites (tertiary alicyclic amines) is 1. The molecule has 5 N–H and O–H groups in total. The summed E-state index contributed by atoms with van der Waals surface area (Å²) >= 11 is 0. The van der Waals surface area contributed by atoms with Gasteiger partial charge in [0.05, 0.1) is 62.3 Å². The van der Waals surface area contributed by atoms with E-state index in [2.05, 4.69) is 62.3 Å². The number of imidazole rings is 2. The molecule has 0 bridgehead atoms. The number of carbonyl (C=O) groups is 4. The predicted octanol–water partition coefficient (Wildman–Crippen LogP) is 7.14. The lowest BCUT2D eigenvalue weighted by atomic mass is 10.0. The van der Waals surface area contributed by atoms with Gasteiger partial charge in [0.25, 0.3) is 0 Å². The van der Waals surface area contributed by atoms with Crippen LogP contribution in [0.2, 0.25) is 0 Å². The Morgan fingerprint density at radius 1 is 0.873 bits per heavy atom. The smallest absolute Gasteiger partial charge is 0.407 e. The van der Waals surface area contributed by atoms with E-state index in [-0.39, 0.29) is 30.2 Å². The fraction of sp³-hybridized carbons (Fsp3) is 0.457. The number of aryl methyl sites for hydroxylation is 1. The maximum absolute atomic E-state index is 15.4. The molecule has 0 aliphatic carbocycles. The highest BCUT2D eigenvalue weighted by Gasteiger charge is 2.25. The second-order valence-corrected chi connectivity index (χ2v) is 15.8.